The Morgan fingerprint density at radius 1 is 1.24 bits per heavy atom. The summed E-state index contributed by atoms with van der Waals surface area (Å²) in [5.41, 5.74) is 2.00. The quantitative estimate of drug-likeness (QED) is 0.881. The van der Waals surface area contributed by atoms with Gasteiger partial charge in [0.2, 0.25) is 5.91 Å². The Morgan fingerprint density at radius 3 is 2.94 bits per heavy atom. The predicted octanol–water partition coefficient (Wildman–Crippen LogP) is 2.71. The molecule has 1 aromatic heterocycles. The van der Waals surface area contributed by atoms with E-state index < -0.39 is 0 Å². The molecule has 1 aliphatic heterocycles. The van der Waals surface area contributed by atoms with Crippen LogP contribution in [0.15, 0.2) is 41.8 Å². The number of benzene rings is 1. The Labute approximate surface area is 104 Å². The minimum absolute atomic E-state index is 0.122. The molecule has 3 rings (SSSR count). The van der Waals surface area contributed by atoms with E-state index in [1.165, 1.54) is 4.88 Å². The average Bonchev–Trinajstić information content (AvgIpc) is 2.86. The number of hydrogen-bond donors (Lipinski definition) is 1. The molecule has 2 aromatic rings. The number of hydrogen-bond acceptors (Lipinski definition) is 3. The Balaban J connectivity index is 1.95. The topological polar surface area (TPSA) is 32.3 Å². The Hall–Kier alpha value is -1.81. The van der Waals surface area contributed by atoms with Crippen LogP contribution >= 0.6 is 11.3 Å². The second kappa shape index (κ2) is 4.22. The lowest BCUT2D eigenvalue weighted by Crippen LogP contribution is -2.39. The zero-order valence-electron chi connectivity index (χ0n) is 9.22. The summed E-state index contributed by atoms with van der Waals surface area (Å²) in [5.74, 6) is 0.122. The van der Waals surface area contributed by atoms with Crippen molar-refractivity contribution in [2.45, 2.75) is 6.54 Å². The van der Waals surface area contributed by atoms with Gasteiger partial charge >= 0.3 is 0 Å². The van der Waals surface area contributed by atoms with E-state index in [2.05, 4.69) is 11.4 Å². The highest BCUT2D eigenvalue weighted by Gasteiger charge is 2.23. The van der Waals surface area contributed by atoms with E-state index in [1.807, 2.05) is 40.6 Å². The molecule has 3 nitrogen and oxygen atoms in total. The van der Waals surface area contributed by atoms with Crippen molar-refractivity contribution >= 4 is 28.6 Å². The van der Waals surface area contributed by atoms with Crippen LogP contribution in [0.4, 0.5) is 11.4 Å². The van der Waals surface area contributed by atoms with E-state index in [1.54, 1.807) is 11.3 Å². The Kier molecular flexibility index (Phi) is 2.57. The number of rotatable bonds is 2. The van der Waals surface area contributed by atoms with E-state index in [4.69, 9.17) is 0 Å². The van der Waals surface area contributed by atoms with Gasteiger partial charge in [0.25, 0.3) is 0 Å². The first-order valence-electron chi connectivity index (χ1n) is 5.50. The second-order valence-corrected chi connectivity index (χ2v) is 4.96. The number of nitrogens with zero attached hydrogens (tertiary/aromatic N) is 1. The molecule has 0 fully saturated rings. The lowest BCUT2D eigenvalue weighted by Gasteiger charge is -2.29. The van der Waals surface area contributed by atoms with Crippen molar-refractivity contribution in [2.75, 3.05) is 16.8 Å². The SMILES string of the molecule is O=C1CNc2ccccc2N1Cc1cccs1. The summed E-state index contributed by atoms with van der Waals surface area (Å²) in [5, 5.41) is 5.17. The van der Waals surface area contributed by atoms with Gasteiger partial charge in [-0.15, -0.1) is 11.3 Å². The maximum Gasteiger partial charge on any atom is 0.246 e. The first-order valence-corrected chi connectivity index (χ1v) is 6.38. The maximum absolute atomic E-state index is 12.0. The molecule has 1 aliphatic rings. The molecule has 1 amide bonds. The summed E-state index contributed by atoms with van der Waals surface area (Å²) in [4.78, 5) is 15.0. The fourth-order valence-corrected chi connectivity index (χ4v) is 2.68. The standard InChI is InChI=1S/C13H12N2OS/c16-13-8-14-11-5-1-2-6-12(11)15(13)9-10-4-3-7-17-10/h1-7,14H,8-9H2. The van der Waals surface area contributed by atoms with Crippen LogP contribution in [0.2, 0.25) is 0 Å². The Bertz CT molecular complexity index is 536. The molecule has 1 aromatic carbocycles. The van der Waals surface area contributed by atoms with Crippen molar-refractivity contribution in [1.29, 1.82) is 0 Å². The van der Waals surface area contributed by atoms with Gasteiger partial charge in [-0.2, -0.15) is 0 Å². The molecule has 0 spiro atoms. The fourth-order valence-electron chi connectivity index (χ4n) is 1.99. The number of thiophene rings is 1. The summed E-state index contributed by atoms with van der Waals surface area (Å²) < 4.78 is 0. The van der Waals surface area contributed by atoms with E-state index in [0.717, 1.165) is 11.4 Å². The number of nitrogens with one attached hydrogen (secondary N) is 1. The number of fused-ring (bicyclic) bond motifs is 1. The van der Waals surface area contributed by atoms with Gasteiger partial charge < -0.3 is 10.2 Å². The van der Waals surface area contributed by atoms with Crippen LogP contribution in [-0.2, 0) is 11.3 Å². The zero-order valence-corrected chi connectivity index (χ0v) is 10.0. The van der Waals surface area contributed by atoms with Gasteiger partial charge in [-0.25, -0.2) is 0 Å². The van der Waals surface area contributed by atoms with Crippen molar-refractivity contribution in [3.05, 3.63) is 46.7 Å². The van der Waals surface area contributed by atoms with E-state index in [-0.39, 0.29) is 5.91 Å². The van der Waals surface area contributed by atoms with Gasteiger partial charge in [-0.1, -0.05) is 18.2 Å². The average molecular weight is 244 g/mol. The normalized spacial score (nSPS) is 14.4. The number of carbonyl (C=O) groups excluding carboxylic acids is 1. The number of anilines is 2. The van der Waals surface area contributed by atoms with Crippen molar-refractivity contribution in [1.82, 2.24) is 0 Å². The van der Waals surface area contributed by atoms with Crippen LogP contribution in [0.25, 0.3) is 0 Å². The molecule has 2 heterocycles. The molecule has 0 aliphatic carbocycles. The summed E-state index contributed by atoms with van der Waals surface area (Å²) in [7, 11) is 0. The largest absolute Gasteiger partial charge is 0.374 e. The summed E-state index contributed by atoms with van der Waals surface area (Å²) >= 11 is 1.68. The molecule has 0 unspecified atom stereocenters. The first-order chi connectivity index (χ1) is 8.34. The monoisotopic (exact) mass is 244 g/mol. The summed E-state index contributed by atoms with van der Waals surface area (Å²) in [6, 6.07) is 12.0. The van der Waals surface area contributed by atoms with Crippen LogP contribution in [0.5, 0.6) is 0 Å². The minimum Gasteiger partial charge on any atom is -0.374 e. The van der Waals surface area contributed by atoms with Crippen LogP contribution < -0.4 is 10.2 Å². The third kappa shape index (κ3) is 1.91. The molecule has 1 N–H and O–H groups in total. The van der Waals surface area contributed by atoms with Gasteiger partial charge in [0, 0.05) is 4.88 Å². The van der Waals surface area contributed by atoms with Crippen molar-refractivity contribution in [3.63, 3.8) is 0 Å². The Morgan fingerprint density at radius 2 is 2.12 bits per heavy atom. The number of amides is 1. The maximum atomic E-state index is 12.0. The minimum atomic E-state index is 0.122. The van der Waals surface area contributed by atoms with Gasteiger partial charge in [0.1, 0.15) is 0 Å². The van der Waals surface area contributed by atoms with E-state index in [0.29, 0.717) is 13.1 Å². The molecule has 0 radical (unpaired) electrons. The second-order valence-electron chi connectivity index (χ2n) is 3.93. The predicted molar refractivity (Wildman–Crippen MR) is 70.4 cm³/mol. The zero-order chi connectivity index (χ0) is 11.7. The lowest BCUT2D eigenvalue weighted by molar-refractivity contribution is -0.117. The molecule has 0 atom stereocenters. The van der Waals surface area contributed by atoms with Crippen LogP contribution in [0, 0.1) is 0 Å². The van der Waals surface area contributed by atoms with Crippen molar-refractivity contribution < 1.29 is 4.79 Å². The van der Waals surface area contributed by atoms with Gasteiger partial charge in [-0.05, 0) is 23.6 Å². The lowest BCUT2D eigenvalue weighted by atomic mass is 10.2. The highest BCUT2D eigenvalue weighted by Crippen LogP contribution is 2.30. The molecular weight excluding hydrogens is 232 g/mol. The van der Waals surface area contributed by atoms with Gasteiger partial charge in [-0.3, -0.25) is 4.79 Å². The van der Waals surface area contributed by atoms with E-state index in [9.17, 15) is 4.79 Å². The molecule has 0 bridgehead atoms. The van der Waals surface area contributed by atoms with Crippen LogP contribution in [0.3, 0.4) is 0 Å². The number of carbonyl (C=O) groups is 1. The summed E-state index contributed by atoms with van der Waals surface area (Å²) in [6.07, 6.45) is 0. The van der Waals surface area contributed by atoms with Crippen molar-refractivity contribution in [2.24, 2.45) is 0 Å². The molecular formula is C13H12N2OS. The van der Waals surface area contributed by atoms with Crippen molar-refractivity contribution in [3.8, 4) is 0 Å². The first kappa shape index (κ1) is 10.4. The third-order valence-corrected chi connectivity index (χ3v) is 3.68. The smallest absolute Gasteiger partial charge is 0.246 e. The highest BCUT2D eigenvalue weighted by atomic mass is 32.1. The molecule has 0 saturated heterocycles. The third-order valence-electron chi connectivity index (χ3n) is 2.82. The van der Waals surface area contributed by atoms with Crippen LogP contribution in [-0.4, -0.2) is 12.5 Å². The number of para-hydroxylation sites is 2. The molecule has 17 heavy (non-hydrogen) atoms. The van der Waals surface area contributed by atoms with Crippen LogP contribution in [0.1, 0.15) is 4.88 Å². The molecule has 0 saturated carbocycles. The summed E-state index contributed by atoms with van der Waals surface area (Å²) in [6.45, 7) is 1.04. The van der Waals surface area contributed by atoms with E-state index >= 15 is 0 Å². The highest BCUT2D eigenvalue weighted by molar-refractivity contribution is 7.09. The van der Waals surface area contributed by atoms with Gasteiger partial charge in [0.15, 0.2) is 0 Å². The molecule has 4 heteroatoms. The molecule has 86 valence electrons. The fraction of sp³-hybridized carbons (Fsp3) is 0.154. The van der Waals surface area contributed by atoms with Gasteiger partial charge in [0.05, 0.1) is 24.5 Å².